The molecule has 232 valence electrons. The summed E-state index contributed by atoms with van der Waals surface area (Å²) in [5, 5.41) is 2.16. The number of benzene rings is 6. The van der Waals surface area contributed by atoms with Gasteiger partial charge in [0.05, 0.1) is 0 Å². The Kier molecular flexibility index (Phi) is 7.26. The lowest BCUT2D eigenvalue weighted by molar-refractivity contribution is 0.131. The Morgan fingerprint density at radius 2 is 1.04 bits per heavy atom. The first-order valence-corrected chi connectivity index (χ1v) is 16.0. The third-order valence-corrected chi connectivity index (χ3v) is 8.10. The summed E-state index contributed by atoms with van der Waals surface area (Å²) in [6.07, 6.45) is 0. The Morgan fingerprint density at radius 3 is 1.75 bits per heavy atom. The first-order valence-electron chi connectivity index (χ1n) is 16.0. The maximum absolute atomic E-state index is 6.37. The molecule has 0 fully saturated rings. The molecule has 0 amide bonds. The van der Waals surface area contributed by atoms with Crippen LogP contribution in [0.4, 0.5) is 0 Å². The molecule has 0 atom stereocenters. The Labute approximate surface area is 278 Å². The van der Waals surface area contributed by atoms with Gasteiger partial charge in [-0.2, -0.15) is 0 Å². The maximum Gasteiger partial charge on any atom is 0.228 e. The minimum atomic E-state index is -0.304. The Morgan fingerprint density at radius 1 is 0.479 bits per heavy atom. The smallest absolute Gasteiger partial charge is 0.228 e. The second-order valence-electron chi connectivity index (χ2n) is 12.7. The first kappa shape index (κ1) is 29.3. The quantitative estimate of drug-likeness (QED) is 0.183. The van der Waals surface area contributed by atoms with E-state index in [9.17, 15) is 0 Å². The van der Waals surface area contributed by atoms with Crippen LogP contribution in [0.2, 0.25) is 0 Å². The molecule has 0 N–H and O–H groups in total. The van der Waals surface area contributed by atoms with Gasteiger partial charge in [-0.25, -0.2) is 19.9 Å². The molecule has 8 aromatic rings. The van der Waals surface area contributed by atoms with Crippen LogP contribution in [0.3, 0.4) is 0 Å². The van der Waals surface area contributed by atoms with E-state index in [1.54, 1.807) is 0 Å². The van der Waals surface area contributed by atoms with E-state index in [-0.39, 0.29) is 5.60 Å². The number of hydrogen-bond acceptors (Lipinski definition) is 6. The Hall–Kier alpha value is -6.14. The fourth-order valence-electron chi connectivity index (χ4n) is 5.86. The van der Waals surface area contributed by atoms with E-state index in [1.165, 1.54) is 0 Å². The number of rotatable bonds is 6. The average Bonchev–Trinajstić information content (AvgIpc) is 3.57. The van der Waals surface area contributed by atoms with Crippen LogP contribution in [-0.4, -0.2) is 25.5 Å². The van der Waals surface area contributed by atoms with Crippen LogP contribution >= 0.6 is 0 Å². The second-order valence-corrected chi connectivity index (χ2v) is 12.7. The van der Waals surface area contributed by atoms with Crippen LogP contribution in [0, 0.1) is 0 Å². The molecule has 6 heteroatoms. The van der Waals surface area contributed by atoms with Crippen molar-refractivity contribution in [2.75, 3.05) is 0 Å². The standard InChI is InChI=1S/C42H32N4O2/c1-42(2,3)48-32-24-21-31(22-25-32)39-44-38(30-19-17-28(18-20-30)27-11-5-4-6-12-27)45-40(46-39)34-15-9-10-16-35(34)41-43-37-33-14-8-7-13-29(33)23-26-36(37)47-41/h4-26H,1-3H3. The van der Waals surface area contributed by atoms with Crippen molar-refractivity contribution in [3.63, 3.8) is 0 Å². The molecule has 0 saturated heterocycles. The minimum Gasteiger partial charge on any atom is -0.488 e. The van der Waals surface area contributed by atoms with E-state index >= 15 is 0 Å². The van der Waals surface area contributed by atoms with E-state index in [0.717, 1.165) is 61.0 Å². The van der Waals surface area contributed by atoms with Gasteiger partial charge in [-0.3, -0.25) is 0 Å². The van der Waals surface area contributed by atoms with Crippen molar-refractivity contribution in [2.24, 2.45) is 0 Å². The number of hydrogen-bond donors (Lipinski definition) is 0. The van der Waals surface area contributed by atoms with Crippen molar-refractivity contribution in [3.05, 3.63) is 140 Å². The summed E-state index contributed by atoms with van der Waals surface area (Å²) >= 11 is 0. The molecule has 0 aliphatic carbocycles. The van der Waals surface area contributed by atoms with Crippen LogP contribution in [0.15, 0.2) is 144 Å². The van der Waals surface area contributed by atoms with Crippen molar-refractivity contribution < 1.29 is 9.15 Å². The highest BCUT2D eigenvalue weighted by atomic mass is 16.5. The van der Waals surface area contributed by atoms with Crippen LogP contribution < -0.4 is 4.74 Å². The van der Waals surface area contributed by atoms with E-state index < -0.39 is 0 Å². The number of ether oxygens (including phenoxy) is 1. The highest BCUT2D eigenvalue weighted by Gasteiger charge is 2.20. The van der Waals surface area contributed by atoms with Crippen LogP contribution in [0.25, 0.3) is 78.6 Å². The summed E-state index contributed by atoms with van der Waals surface area (Å²) in [6.45, 7) is 6.10. The SMILES string of the molecule is CC(C)(C)Oc1ccc(-c2nc(-c3ccc(-c4ccccc4)cc3)nc(-c3ccccc3-c3nc4c(ccc5ccccc54)o3)n2)cc1. The predicted octanol–water partition coefficient (Wildman–Crippen LogP) is 10.7. The molecule has 48 heavy (non-hydrogen) atoms. The van der Waals surface area contributed by atoms with Gasteiger partial charge in [0.1, 0.15) is 16.9 Å². The summed E-state index contributed by atoms with van der Waals surface area (Å²) < 4.78 is 12.4. The van der Waals surface area contributed by atoms with Gasteiger partial charge in [0, 0.05) is 27.6 Å². The molecule has 0 bridgehead atoms. The molecular formula is C42H32N4O2. The normalized spacial score (nSPS) is 11.6. The van der Waals surface area contributed by atoms with Gasteiger partial charge >= 0.3 is 0 Å². The molecule has 0 unspecified atom stereocenters. The van der Waals surface area contributed by atoms with Crippen molar-refractivity contribution >= 4 is 21.9 Å². The van der Waals surface area contributed by atoms with Gasteiger partial charge in [0.2, 0.25) is 5.89 Å². The lowest BCUT2D eigenvalue weighted by atomic mass is 10.0. The van der Waals surface area contributed by atoms with Crippen LogP contribution in [0.1, 0.15) is 20.8 Å². The summed E-state index contributed by atoms with van der Waals surface area (Å²) in [6, 6.07) is 46.7. The van der Waals surface area contributed by atoms with Gasteiger partial charge in [-0.1, -0.05) is 103 Å². The molecule has 2 heterocycles. The topological polar surface area (TPSA) is 73.9 Å². The fraction of sp³-hybridized carbons (Fsp3) is 0.0952. The summed E-state index contributed by atoms with van der Waals surface area (Å²) in [5.74, 6) is 2.95. The molecule has 6 aromatic carbocycles. The zero-order chi connectivity index (χ0) is 32.7. The van der Waals surface area contributed by atoms with Crippen LogP contribution in [0.5, 0.6) is 5.75 Å². The van der Waals surface area contributed by atoms with Gasteiger partial charge in [-0.05, 0) is 73.7 Å². The largest absolute Gasteiger partial charge is 0.488 e. The molecule has 0 radical (unpaired) electrons. The van der Waals surface area contributed by atoms with Crippen molar-refractivity contribution in [2.45, 2.75) is 26.4 Å². The molecule has 0 saturated carbocycles. The fourth-order valence-corrected chi connectivity index (χ4v) is 5.86. The molecular weight excluding hydrogens is 592 g/mol. The average molecular weight is 625 g/mol. The zero-order valence-electron chi connectivity index (χ0n) is 26.9. The van der Waals surface area contributed by atoms with E-state index in [0.29, 0.717) is 23.4 Å². The number of oxazole rings is 1. The summed E-state index contributed by atoms with van der Waals surface area (Å²) in [7, 11) is 0. The van der Waals surface area contributed by atoms with E-state index in [4.69, 9.17) is 29.1 Å². The first-order chi connectivity index (χ1) is 23.4. The monoisotopic (exact) mass is 624 g/mol. The minimum absolute atomic E-state index is 0.304. The summed E-state index contributed by atoms with van der Waals surface area (Å²) in [5.41, 5.74) is 6.86. The zero-order valence-corrected chi connectivity index (χ0v) is 26.9. The summed E-state index contributed by atoms with van der Waals surface area (Å²) in [4.78, 5) is 20.0. The lowest BCUT2D eigenvalue weighted by Gasteiger charge is -2.21. The van der Waals surface area contributed by atoms with Crippen molar-refractivity contribution in [3.8, 4) is 62.5 Å². The van der Waals surface area contributed by atoms with E-state index in [1.807, 2.05) is 106 Å². The lowest BCUT2D eigenvalue weighted by Crippen LogP contribution is -2.22. The number of nitrogens with zero attached hydrogens (tertiary/aromatic N) is 4. The highest BCUT2D eigenvalue weighted by molar-refractivity contribution is 6.04. The van der Waals surface area contributed by atoms with Gasteiger partial charge in [-0.15, -0.1) is 0 Å². The van der Waals surface area contributed by atoms with Crippen molar-refractivity contribution in [1.82, 2.24) is 19.9 Å². The van der Waals surface area contributed by atoms with E-state index in [2.05, 4.69) is 54.6 Å². The van der Waals surface area contributed by atoms with Crippen molar-refractivity contribution in [1.29, 1.82) is 0 Å². The maximum atomic E-state index is 6.37. The second kappa shape index (κ2) is 11.9. The molecule has 0 aliphatic rings. The Balaban J connectivity index is 1.26. The predicted molar refractivity (Wildman–Crippen MR) is 192 cm³/mol. The van der Waals surface area contributed by atoms with Crippen LogP contribution in [-0.2, 0) is 0 Å². The highest BCUT2D eigenvalue weighted by Crippen LogP contribution is 2.36. The van der Waals surface area contributed by atoms with Gasteiger partial charge in [0.15, 0.2) is 23.1 Å². The molecule has 0 aliphatic heterocycles. The number of aromatic nitrogens is 4. The molecule has 2 aromatic heterocycles. The third kappa shape index (κ3) is 5.80. The van der Waals surface area contributed by atoms with Gasteiger partial charge in [0.25, 0.3) is 0 Å². The molecule has 0 spiro atoms. The Bertz CT molecular complexity index is 2390. The number of fused-ring (bicyclic) bond motifs is 3. The molecule has 8 rings (SSSR count). The molecule has 6 nitrogen and oxygen atoms in total. The van der Waals surface area contributed by atoms with Gasteiger partial charge < -0.3 is 9.15 Å². The third-order valence-electron chi connectivity index (χ3n) is 8.10.